The van der Waals surface area contributed by atoms with E-state index in [2.05, 4.69) is 17.0 Å². The minimum atomic E-state index is -0.560. The van der Waals surface area contributed by atoms with Gasteiger partial charge in [-0.15, -0.1) is 0 Å². The number of nitrogens with two attached hydrogens (primary N) is 1. The summed E-state index contributed by atoms with van der Waals surface area (Å²) >= 11 is 0. The third kappa shape index (κ3) is 8.21. The summed E-state index contributed by atoms with van der Waals surface area (Å²) in [6.07, 6.45) is 2.83. The van der Waals surface area contributed by atoms with Gasteiger partial charge in [0.2, 0.25) is 0 Å². The highest BCUT2D eigenvalue weighted by Crippen LogP contribution is 2.07. The van der Waals surface area contributed by atoms with Gasteiger partial charge in [-0.3, -0.25) is 5.32 Å². The number of carbonyl (C=O) groups is 1. The van der Waals surface area contributed by atoms with Crippen LogP contribution in [0, 0.1) is 0 Å². The van der Waals surface area contributed by atoms with Crippen molar-refractivity contribution in [1.82, 2.24) is 5.32 Å². The normalized spacial score (nSPS) is 13.2. The zero-order valence-electron chi connectivity index (χ0n) is 10.9. The number of allylic oxidation sites excluding steroid dienone is 2. The Morgan fingerprint density at radius 1 is 1.47 bits per heavy atom. The first kappa shape index (κ1) is 15.4. The molecule has 0 aromatic heterocycles. The number of ether oxygens (including phenoxy) is 1. The summed E-state index contributed by atoms with van der Waals surface area (Å²) < 4.78 is 5.08. The fourth-order valence-corrected chi connectivity index (χ4v) is 0.831. The lowest BCUT2D eigenvalue weighted by atomic mass is 10.2. The molecule has 0 aromatic rings. The van der Waals surface area contributed by atoms with Gasteiger partial charge in [0.05, 0.1) is 0 Å². The number of hydrogen-bond acceptors (Lipinski definition) is 4. The van der Waals surface area contributed by atoms with Gasteiger partial charge in [-0.25, -0.2) is 9.79 Å². The number of nitrogens with one attached hydrogen (secondary N) is 1. The first-order valence-electron chi connectivity index (χ1n) is 5.32. The average Bonchev–Trinajstić information content (AvgIpc) is 2.20. The highest BCUT2D eigenvalue weighted by molar-refractivity contribution is 5.70. The highest BCUT2D eigenvalue weighted by Gasteiger charge is 2.16. The van der Waals surface area contributed by atoms with Crippen LogP contribution in [-0.2, 0) is 4.74 Å². The molecule has 0 aliphatic carbocycles. The molecule has 96 valence electrons. The Hall–Kier alpha value is -1.62. The average molecular weight is 239 g/mol. The predicted octanol–water partition coefficient (Wildman–Crippen LogP) is 1.96. The van der Waals surface area contributed by atoms with E-state index in [1.165, 1.54) is 0 Å². The lowest BCUT2D eigenvalue weighted by Crippen LogP contribution is -2.31. The molecule has 0 atom stereocenters. The molecule has 0 heterocycles. The molecule has 5 nitrogen and oxygen atoms in total. The summed E-state index contributed by atoms with van der Waals surface area (Å²) in [5.74, 6) is 0.326. The van der Waals surface area contributed by atoms with Crippen LogP contribution in [0.5, 0.6) is 0 Å². The monoisotopic (exact) mass is 239 g/mol. The second-order valence-electron chi connectivity index (χ2n) is 4.55. The van der Waals surface area contributed by atoms with Crippen molar-refractivity contribution < 1.29 is 9.53 Å². The molecule has 0 radical (unpaired) electrons. The Balaban J connectivity index is 4.52. The van der Waals surface area contributed by atoms with Crippen molar-refractivity contribution in [3.05, 3.63) is 23.5 Å². The fourth-order valence-electron chi connectivity index (χ4n) is 0.831. The van der Waals surface area contributed by atoms with Crippen molar-refractivity contribution in [2.45, 2.75) is 33.3 Å². The van der Waals surface area contributed by atoms with Gasteiger partial charge in [-0.05, 0) is 40.5 Å². The van der Waals surface area contributed by atoms with Crippen molar-refractivity contribution in [2.24, 2.45) is 10.7 Å². The van der Waals surface area contributed by atoms with Gasteiger partial charge in [0.15, 0.2) is 0 Å². The van der Waals surface area contributed by atoms with Gasteiger partial charge in [0.1, 0.15) is 11.4 Å². The Morgan fingerprint density at radius 2 is 2.06 bits per heavy atom. The van der Waals surface area contributed by atoms with Gasteiger partial charge < -0.3 is 10.5 Å². The Labute approximate surface area is 102 Å². The second-order valence-corrected chi connectivity index (χ2v) is 4.55. The lowest BCUT2D eigenvalue weighted by molar-refractivity contribution is 0.0545. The van der Waals surface area contributed by atoms with E-state index < -0.39 is 11.7 Å². The minimum Gasteiger partial charge on any atom is -0.444 e. The first-order chi connectivity index (χ1) is 7.78. The van der Waals surface area contributed by atoms with Crippen molar-refractivity contribution in [1.29, 1.82) is 0 Å². The Morgan fingerprint density at radius 3 is 2.47 bits per heavy atom. The molecule has 1 amide bonds. The maximum Gasteiger partial charge on any atom is 0.413 e. The Kier molecular flexibility index (Phi) is 6.20. The number of nitrogens with zero attached hydrogens (tertiary/aromatic N) is 1. The van der Waals surface area contributed by atoms with E-state index in [1.807, 2.05) is 6.92 Å². The zero-order valence-corrected chi connectivity index (χ0v) is 10.9. The molecule has 0 unspecified atom stereocenters. The molecule has 0 fully saturated rings. The molecule has 0 saturated carbocycles. The number of hydrogen-bond donors (Lipinski definition) is 2. The topological polar surface area (TPSA) is 76.7 Å². The molecule has 0 bridgehead atoms. The van der Waals surface area contributed by atoms with Crippen LogP contribution in [0.15, 0.2) is 28.5 Å². The quantitative estimate of drug-likeness (QED) is 0.581. The lowest BCUT2D eigenvalue weighted by Gasteiger charge is -2.19. The van der Waals surface area contributed by atoms with E-state index in [-0.39, 0.29) is 0 Å². The molecular formula is C12H21N3O2. The summed E-state index contributed by atoms with van der Waals surface area (Å²) in [7, 11) is 0. The van der Waals surface area contributed by atoms with Gasteiger partial charge in [-0.1, -0.05) is 11.6 Å². The summed E-state index contributed by atoms with van der Waals surface area (Å²) in [5.41, 5.74) is 5.86. The maximum absolute atomic E-state index is 11.4. The number of rotatable bonds is 4. The molecule has 0 saturated heterocycles. The summed E-state index contributed by atoms with van der Waals surface area (Å²) in [4.78, 5) is 15.1. The van der Waals surface area contributed by atoms with Crippen molar-refractivity contribution in [3.63, 3.8) is 0 Å². The third-order valence-electron chi connectivity index (χ3n) is 1.65. The standard InChI is InChI=1S/C12H21N3O2/c1-9(8-13)6-7-10(14-5)15-11(16)17-12(2,3)4/h6-7H,5,8,13H2,1-4H3,(H,15,16)/b9-6+,10-7+. The van der Waals surface area contributed by atoms with E-state index in [1.54, 1.807) is 32.9 Å². The van der Waals surface area contributed by atoms with Crippen molar-refractivity contribution >= 4 is 12.8 Å². The third-order valence-corrected chi connectivity index (χ3v) is 1.65. The Bertz CT molecular complexity index is 338. The predicted molar refractivity (Wildman–Crippen MR) is 69.8 cm³/mol. The first-order valence-corrected chi connectivity index (χ1v) is 5.32. The van der Waals surface area contributed by atoms with Crippen LogP contribution >= 0.6 is 0 Å². The van der Waals surface area contributed by atoms with Crippen LogP contribution in [0.3, 0.4) is 0 Å². The molecular weight excluding hydrogens is 218 g/mol. The van der Waals surface area contributed by atoms with Crippen molar-refractivity contribution in [2.75, 3.05) is 6.54 Å². The number of carbonyl (C=O) groups excluding carboxylic acids is 1. The zero-order chi connectivity index (χ0) is 13.5. The fraction of sp³-hybridized carbons (Fsp3) is 0.500. The van der Waals surface area contributed by atoms with Gasteiger partial charge in [0, 0.05) is 6.54 Å². The van der Waals surface area contributed by atoms with Gasteiger partial charge >= 0.3 is 6.09 Å². The minimum absolute atomic E-state index is 0.326. The van der Waals surface area contributed by atoms with Crippen LogP contribution < -0.4 is 11.1 Å². The van der Waals surface area contributed by atoms with Crippen LogP contribution in [0.25, 0.3) is 0 Å². The molecule has 3 N–H and O–H groups in total. The van der Waals surface area contributed by atoms with Crippen molar-refractivity contribution in [3.8, 4) is 0 Å². The molecule has 0 aliphatic rings. The van der Waals surface area contributed by atoms with Crippen LogP contribution in [0.1, 0.15) is 27.7 Å². The molecule has 0 aromatic carbocycles. The summed E-state index contributed by atoms with van der Waals surface area (Å²) in [6.45, 7) is 11.1. The van der Waals surface area contributed by atoms with E-state index in [9.17, 15) is 4.79 Å². The molecule has 17 heavy (non-hydrogen) atoms. The second kappa shape index (κ2) is 6.85. The maximum atomic E-state index is 11.4. The van der Waals surface area contributed by atoms with Gasteiger partial charge in [0.25, 0.3) is 0 Å². The summed E-state index contributed by atoms with van der Waals surface area (Å²) in [6, 6.07) is 0. The number of amides is 1. The van der Waals surface area contributed by atoms with E-state index in [0.29, 0.717) is 12.4 Å². The molecule has 0 aliphatic heterocycles. The SMILES string of the molecule is C=N/C(=C\C=C(/C)CN)NC(=O)OC(C)(C)C. The van der Waals surface area contributed by atoms with Crippen LogP contribution in [0.4, 0.5) is 4.79 Å². The van der Waals surface area contributed by atoms with E-state index in [4.69, 9.17) is 10.5 Å². The van der Waals surface area contributed by atoms with E-state index in [0.717, 1.165) is 5.57 Å². The molecule has 0 rings (SSSR count). The van der Waals surface area contributed by atoms with E-state index >= 15 is 0 Å². The summed E-state index contributed by atoms with van der Waals surface area (Å²) in [5, 5.41) is 2.49. The molecule has 0 spiro atoms. The highest BCUT2D eigenvalue weighted by atomic mass is 16.6. The molecule has 5 heteroatoms. The number of aliphatic imine (C=N–C) groups is 1. The van der Waals surface area contributed by atoms with Gasteiger partial charge in [-0.2, -0.15) is 0 Å². The largest absolute Gasteiger partial charge is 0.444 e. The van der Waals surface area contributed by atoms with Crippen LogP contribution in [0.2, 0.25) is 0 Å². The van der Waals surface area contributed by atoms with Crippen LogP contribution in [-0.4, -0.2) is 25.0 Å². The smallest absolute Gasteiger partial charge is 0.413 e. The number of alkyl carbamates (subject to hydrolysis) is 1.